The standard InChI is InChI=1S/C13H18N4O3S/c1-7-14-11(10-12(15-7)20-8(2)16-10)17-9(5-6-21-4)13(18)19-3/h9H,5-6H2,1-4H3,(H,14,15,17)/t9-/m0/s1. The largest absolute Gasteiger partial charge is 0.467 e. The monoisotopic (exact) mass is 310 g/mol. The fraction of sp³-hybridized carbons (Fsp3) is 0.538. The molecule has 0 unspecified atom stereocenters. The van der Waals surface area contributed by atoms with Gasteiger partial charge in [-0.15, -0.1) is 0 Å². The third-order valence-corrected chi connectivity index (χ3v) is 3.53. The summed E-state index contributed by atoms with van der Waals surface area (Å²) in [4.78, 5) is 24.6. The molecule has 2 aromatic rings. The smallest absolute Gasteiger partial charge is 0.328 e. The van der Waals surface area contributed by atoms with Gasteiger partial charge in [-0.05, 0) is 25.4 Å². The minimum Gasteiger partial charge on any atom is -0.467 e. The predicted molar refractivity (Wildman–Crippen MR) is 81.5 cm³/mol. The lowest BCUT2D eigenvalue weighted by Crippen LogP contribution is -2.32. The van der Waals surface area contributed by atoms with Crippen molar-refractivity contribution in [2.24, 2.45) is 0 Å². The Kier molecular flexibility index (Phi) is 5.00. The van der Waals surface area contributed by atoms with Crippen molar-refractivity contribution < 1.29 is 13.9 Å². The number of aryl methyl sites for hydroxylation is 2. The van der Waals surface area contributed by atoms with Crippen LogP contribution in [0.4, 0.5) is 5.82 Å². The number of hydrogen-bond donors (Lipinski definition) is 1. The van der Waals surface area contributed by atoms with Gasteiger partial charge in [0.05, 0.1) is 7.11 Å². The third-order valence-electron chi connectivity index (χ3n) is 2.88. The normalized spacial score (nSPS) is 12.4. The Morgan fingerprint density at radius 2 is 2.14 bits per heavy atom. The first-order valence-corrected chi connectivity index (χ1v) is 7.89. The summed E-state index contributed by atoms with van der Waals surface area (Å²) in [5.41, 5.74) is 0.937. The number of carbonyl (C=O) groups excluding carboxylic acids is 1. The van der Waals surface area contributed by atoms with E-state index < -0.39 is 6.04 Å². The van der Waals surface area contributed by atoms with Crippen LogP contribution in [-0.4, -0.2) is 46.1 Å². The summed E-state index contributed by atoms with van der Waals surface area (Å²) in [5.74, 6) is 2.05. The molecule has 2 rings (SSSR count). The maximum atomic E-state index is 11.9. The molecule has 0 aromatic carbocycles. The van der Waals surface area contributed by atoms with Gasteiger partial charge in [-0.3, -0.25) is 0 Å². The van der Waals surface area contributed by atoms with Crippen molar-refractivity contribution in [3.8, 4) is 0 Å². The molecule has 0 bridgehead atoms. The van der Waals surface area contributed by atoms with Crippen molar-refractivity contribution in [3.63, 3.8) is 0 Å². The molecule has 1 N–H and O–H groups in total. The molecule has 21 heavy (non-hydrogen) atoms. The van der Waals surface area contributed by atoms with Crippen LogP contribution in [-0.2, 0) is 9.53 Å². The van der Waals surface area contributed by atoms with Crippen LogP contribution in [0, 0.1) is 13.8 Å². The van der Waals surface area contributed by atoms with Crippen molar-refractivity contribution in [3.05, 3.63) is 11.7 Å². The van der Waals surface area contributed by atoms with Gasteiger partial charge in [0.2, 0.25) is 0 Å². The number of methoxy groups -OCH3 is 1. The maximum Gasteiger partial charge on any atom is 0.328 e. The van der Waals surface area contributed by atoms with E-state index in [0.29, 0.717) is 35.2 Å². The van der Waals surface area contributed by atoms with Crippen LogP contribution >= 0.6 is 11.8 Å². The molecule has 114 valence electrons. The van der Waals surface area contributed by atoms with Crippen LogP contribution in [0.1, 0.15) is 18.1 Å². The fourth-order valence-electron chi connectivity index (χ4n) is 1.93. The number of thioether (sulfide) groups is 1. The van der Waals surface area contributed by atoms with Gasteiger partial charge in [0.1, 0.15) is 11.9 Å². The summed E-state index contributed by atoms with van der Waals surface area (Å²) >= 11 is 1.66. The summed E-state index contributed by atoms with van der Waals surface area (Å²) in [6.07, 6.45) is 2.62. The number of ether oxygens (including phenoxy) is 1. The van der Waals surface area contributed by atoms with E-state index in [0.717, 1.165) is 5.75 Å². The van der Waals surface area contributed by atoms with Gasteiger partial charge in [0.15, 0.2) is 17.2 Å². The topological polar surface area (TPSA) is 90.1 Å². The van der Waals surface area contributed by atoms with Crippen LogP contribution in [0.2, 0.25) is 0 Å². The zero-order valence-electron chi connectivity index (χ0n) is 12.5. The average molecular weight is 310 g/mol. The average Bonchev–Trinajstić information content (AvgIpc) is 2.82. The number of aromatic nitrogens is 3. The van der Waals surface area contributed by atoms with E-state index in [1.54, 1.807) is 25.6 Å². The van der Waals surface area contributed by atoms with E-state index in [9.17, 15) is 4.79 Å². The quantitative estimate of drug-likeness (QED) is 0.810. The Morgan fingerprint density at radius 3 is 2.81 bits per heavy atom. The zero-order chi connectivity index (χ0) is 15.4. The van der Waals surface area contributed by atoms with Crippen molar-refractivity contribution in [1.29, 1.82) is 0 Å². The Labute approximate surface area is 126 Å². The minimum absolute atomic E-state index is 0.325. The Morgan fingerprint density at radius 1 is 1.38 bits per heavy atom. The molecule has 0 fully saturated rings. The van der Waals surface area contributed by atoms with Gasteiger partial charge < -0.3 is 14.5 Å². The van der Waals surface area contributed by atoms with E-state index in [2.05, 4.69) is 20.3 Å². The molecule has 2 aromatic heterocycles. The molecule has 2 heterocycles. The predicted octanol–water partition coefficient (Wildman–Crippen LogP) is 1.94. The number of anilines is 1. The number of oxazole rings is 1. The van der Waals surface area contributed by atoms with Crippen LogP contribution in [0.25, 0.3) is 11.2 Å². The summed E-state index contributed by atoms with van der Waals surface area (Å²) in [5, 5.41) is 3.10. The van der Waals surface area contributed by atoms with E-state index >= 15 is 0 Å². The SMILES string of the molecule is COC(=O)[C@H](CCSC)Nc1nc(C)nc2oc(C)nc12. The molecule has 1 atom stereocenters. The van der Waals surface area contributed by atoms with E-state index in [4.69, 9.17) is 9.15 Å². The lowest BCUT2D eigenvalue weighted by molar-refractivity contribution is -0.141. The number of nitrogens with one attached hydrogen (secondary N) is 1. The fourth-order valence-corrected chi connectivity index (χ4v) is 2.40. The number of rotatable bonds is 6. The number of hydrogen-bond acceptors (Lipinski definition) is 8. The molecule has 0 spiro atoms. The first kappa shape index (κ1) is 15.6. The molecule has 0 radical (unpaired) electrons. The van der Waals surface area contributed by atoms with E-state index in [-0.39, 0.29) is 5.97 Å². The number of nitrogens with zero attached hydrogens (tertiary/aromatic N) is 3. The lowest BCUT2D eigenvalue weighted by Gasteiger charge is -2.16. The van der Waals surface area contributed by atoms with Crippen LogP contribution in [0.3, 0.4) is 0 Å². The Bertz CT molecular complexity index is 644. The molecule has 8 heteroatoms. The van der Waals surface area contributed by atoms with Gasteiger partial charge in [-0.25, -0.2) is 14.8 Å². The van der Waals surface area contributed by atoms with Crippen molar-refractivity contribution in [1.82, 2.24) is 15.0 Å². The molecule has 7 nitrogen and oxygen atoms in total. The highest BCUT2D eigenvalue weighted by Gasteiger charge is 2.22. The second-order valence-corrected chi connectivity index (χ2v) is 5.49. The molecule has 0 amide bonds. The Balaban J connectivity index is 2.33. The number of carbonyl (C=O) groups is 1. The minimum atomic E-state index is -0.475. The van der Waals surface area contributed by atoms with Gasteiger partial charge in [0.25, 0.3) is 5.71 Å². The Hall–Kier alpha value is -1.83. The summed E-state index contributed by atoms with van der Waals surface area (Å²) in [7, 11) is 1.37. The summed E-state index contributed by atoms with van der Waals surface area (Å²) in [6, 6.07) is -0.475. The van der Waals surface area contributed by atoms with Gasteiger partial charge in [0, 0.05) is 6.92 Å². The number of fused-ring (bicyclic) bond motifs is 1. The summed E-state index contributed by atoms with van der Waals surface area (Å²) < 4.78 is 10.2. The highest BCUT2D eigenvalue weighted by molar-refractivity contribution is 7.98. The lowest BCUT2D eigenvalue weighted by atomic mass is 10.2. The molecule has 0 saturated heterocycles. The second-order valence-electron chi connectivity index (χ2n) is 4.51. The molecule has 0 aliphatic heterocycles. The summed E-state index contributed by atoms with van der Waals surface area (Å²) in [6.45, 7) is 3.50. The molecule has 0 aliphatic carbocycles. The number of esters is 1. The van der Waals surface area contributed by atoms with Crippen molar-refractivity contribution in [2.45, 2.75) is 26.3 Å². The molecule has 0 saturated carbocycles. The second kappa shape index (κ2) is 6.75. The first-order valence-electron chi connectivity index (χ1n) is 6.50. The molecular weight excluding hydrogens is 292 g/mol. The molecule has 0 aliphatic rings. The first-order chi connectivity index (χ1) is 10.0. The van der Waals surface area contributed by atoms with Crippen molar-refractivity contribution in [2.75, 3.05) is 24.4 Å². The van der Waals surface area contributed by atoms with Gasteiger partial charge in [-0.1, -0.05) is 0 Å². The van der Waals surface area contributed by atoms with Crippen LogP contribution < -0.4 is 5.32 Å². The zero-order valence-corrected chi connectivity index (χ0v) is 13.3. The highest BCUT2D eigenvalue weighted by Crippen LogP contribution is 2.22. The van der Waals surface area contributed by atoms with Crippen LogP contribution in [0.15, 0.2) is 4.42 Å². The maximum absolute atomic E-state index is 11.9. The van der Waals surface area contributed by atoms with Crippen LogP contribution in [0.5, 0.6) is 0 Å². The van der Waals surface area contributed by atoms with Crippen molar-refractivity contribution >= 4 is 34.8 Å². The van der Waals surface area contributed by atoms with Gasteiger partial charge >= 0.3 is 5.97 Å². The van der Waals surface area contributed by atoms with Gasteiger partial charge in [-0.2, -0.15) is 16.7 Å². The van der Waals surface area contributed by atoms with E-state index in [1.807, 2.05) is 6.26 Å². The molecular formula is C13H18N4O3S. The highest BCUT2D eigenvalue weighted by atomic mass is 32.2. The van der Waals surface area contributed by atoms with E-state index in [1.165, 1.54) is 7.11 Å². The third kappa shape index (κ3) is 3.63.